The third-order valence-corrected chi connectivity index (χ3v) is 2.40. The molecule has 4 nitrogen and oxygen atoms in total. The van der Waals surface area contributed by atoms with Crippen molar-refractivity contribution in [1.29, 1.82) is 0 Å². The van der Waals surface area contributed by atoms with E-state index in [1.807, 2.05) is 6.92 Å². The van der Waals surface area contributed by atoms with Crippen LogP contribution in [0.2, 0.25) is 0 Å². The third kappa shape index (κ3) is 2.62. The standard InChI is InChI=1S/C12H14FN3O/c1-8(14)6-10-7-12(17)16(15-10)11-4-2-9(13)3-5-11/h2-5,7-8,15H,6,14H2,1H3. The van der Waals surface area contributed by atoms with Crippen molar-refractivity contribution in [3.05, 3.63) is 52.2 Å². The molecule has 0 radical (unpaired) electrons. The first kappa shape index (κ1) is 11.6. The minimum absolute atomic E-state index is 0.0188. The number of hydrogen-bond donors (Lipinski definition) is 2. The lowest BCUT2D eigenvalue weighted by molar-refractivity contribution is 0.626. The molecule has 0 saturated heterocycles. The highest BCUT2D eigenvalue weighted by molar-refractivity contribution is 5.31. The zero-order chi connectivity index (χ0) is 12.4. The normalized spacial score (nSPS) is 12.6. The van der Waals surface area contributed by atoms with Crippen LogP contribution in [0.15, 0.2) is 35.1 Å². The van der Waals surface area contributed by atoms with Crippen molar-refractivity contribution in [1.82, 2.24) is 9.78 Å². The van der Waals surface area contributed by atoms with Gasteiger partial charge in [0.15, 0.2) is 0 Å². The minimum atomic E-state index is -0.329. The van der Waals surface area contributed by atoms with Crippen molar-refractivity contribution < 1.29 is 4.39 Å². The van der Waals surface area contributed by atoms with Crippen molar-refractivity contribution in [2.24, 2.45) is 5.73 Å². The molecule has 5 heteroatoms. The molecule has 1 heterocycles. The molecule has 1 atom stereocenters. The Morgan fingerprint density at radius 2 is 2.06 bits per heavy atom. The van der Waals surface area contributed by atoms with E-state index in [0.717, 1.165) is 5.69 Å². The van der Waals surface area contributed by atoms with Gasteiger partial charge in [0.2, 0.25) is 0 Å². The molecule has 0 amide bonds. The van der Waals surface area contributed by atoms with Gasteiger partial charge in [0, 0.05) is 24.2 Å². The van der Waals surface area contributed by atoms with Crippen LogP contribution in [-0.2, 0) is 6.42 Å². The number of halogens is 1. The van der Waals surface area contributed by atoms with Crippen LogP contribution in [0.5, 0.6) is 0 Å². The monoisotopic (exact) mass is 235 g/mol. The highest BCUT2D eigenvalue weighted by Gasteiger charge is 2.06. The summed E-state index contributed by atoms with van der Waals surface area (Å²) < 4.78 is 14.1. The molecule has 0 fully saturated rings. The van der Waals surface area contributed by atoms with Gasteiger partial charge < -0.3 is 5.73 Å². The van der Waals surface area contributed by atoms with Gasteiger partial charge in [0.1, 0.15) is 5.82 Å². The summed E-state index contributed by atoms with van der Waals surface area (Å²) in [4.78, 5) is 11.7. The van der Waals surface area contributed by atoms with Gasteiger partial charge in [-0.3, -0.25) is 9.89 Å². The first-order valence-corrected chi connectivity index (χ1v) is 5.39. The number of nitrogens with one attached hydrogen (secondary N) is 1. The van der Waals surface area contributed by atoms with Crippen molar-refractivity contribution in [2.75, 3.05) is 0 Å². The lowest BCUT2D eigenvalue weighted by Crippen LogP contribution is -2.18. The molecular formula is C12H14FN3O. The Bertz CT molecular complexity index is 554. The molecule has 90 valence electrons. The molecular weight excluding hydrogens is 221 g/mol. The van der Waals surface area contributed by atoms with Gasteiger partial charge in [-0.1, -0.05) is 0 Å². The molecule has 0 aliphatic heterocycles. The molecule has 1 unspecified atom stereocenters. The van der Waals surface area contributed by atoms with E-state index in [1.165, 1.54) is 22.9 Å². The molecule has 0 aliphatic carbocycles. The fourth-order valence-electron chi connectivity index (χ4n) is 1.68. The maximum Gasteiger partial charge on any atom is 0.271 e. The van der Waals surface area contributed by atoms with E-state index in [2.05, 4.69) is 5.10 Å². The van der Waals surface area contributed by atoms with Crippen LogP contribution in [-0.4, -0.2) is 15.8 Å². The molecule has 1 aromatic heterocycles. The third-order valence-electron chi connectivity index (χ3n) is 2.40. The largest absolute Gasteiger partial charge is 0.328 e. The van der Waals surface area contributed by atoms with Gasteiger partial charge in [-0.05, 0) is 31.2 Å². The number of nitrogens with zero attached hydrogens (tertiary/aromatic N) is 1. The lowest BCUT2D eigenvalue weighted by Gasteiger charge is -2.03. The topological polar surface area (TPSA) is 63.8 Å². The Morgan fingerprint density at radius 1 is 1.41 bits per heavy atom. The van der Waals surface area contributed by atoms with E-state index in [4.69, 9.17) is 5.73 Å². The average Bonchev–Trinajstić information content (AvgIpc) is 2.59. The first-order valence-electron chi connectivity index (χ1n) is 5.39. The van der Waals surface area contributed by atoms with Gasteiger partial charge in [0.25, 0.3) is 5.56 Å². The van der Waals surface area contributed by atoms with E-state index in [1.54, 1.807) is 12.1 Å². The maximum atomic E-state index is 12.8. The zero-order valence-corrected chi connectivity index (χ0v) is 9.48. The second-order valence-corrected chi connectivity index (χ2v) is 4.11. The van der Waals surface area contributed by atoms with Crippen LogP contribution in [0, 0.1) is 5.82 Å². The van der Waals surface area contributed by atoms with E-state index in [9.17, 15) is 9.18 Å². The first-order chi connectivity index (χ1) is 8.06. The van der Waals surface area contributed by atoms with Crippen molar-refractivity contribution in [3.8, 4) is 5.69 Å². The van der Waals surface area contributed by atoms with Gasteiger partial charge >= 0.3 is 0 Å². The Labute approximate surface area is 97.9 Å². The Morgan fingerprint density at radius 3 is 2.65 bits per heavy atom. The summed E-state index contributed by atoms with van der Waals surface area (Å²) in [5.74, 6) is -0.329. The quantitative estimate of drug-likeness (QED) is 0.839. The summed E-state index contributed by atoms with van der Waals surface area (Å²) in [5.41, 5.74) is 6.86. The van der Waals surface area contributed by atoms with Gasteiger partial charge in [-0.15, -0.1) is 0 Å². The Balaban J connectivity index is 2.36. The van der Waals surface area contributed by atoms with Crippen LogP contribution in [0.1, 0.15) is 12.6 Å². The van der Waals surface area contributed by atoms with E-state index in [0.29, 0.717) is 12.1 Å². The highest BCUT2D eigenvalue weighted by atomic mass is 19.1. The van der Waals surface area contributed by atoms with Crippen molar-refractivity contribution >= 4 is 0 Å². The van der Waals surface area contributed by atoms with E-state index >= 15 is 0 Å². The molecule has 2 rings (SSSR count). The number of H-pyrrole nitrogens is 1. The van der Waals surface area contributed by atoms with Crippen molar-refractivity contribution in [3.63, 3.8) is 0 Å². The van der Waals surface area contributed by atoms with Gasteiger partial charge in [0.05, 0.1) is 5.69 Å². The van der Waals surface area contributed by atoms with Crippen LogP contribution in [0.25, 0.3) is 5.69 Å². The van der Waals surface area contributed by atoms with E-state index in [-0.39, 0.29) is 17.4 Å². The average molecular weight is 235 g/mol. The predicted molar refractivity (Wildman–Crippen MR) is 63.7 cm³/mol. The molecule has 1 aromatic carbocycles. The summed E-state index contributed by atoms with van der Waals surface area (Å²) in [6.45, 7) is 1.87. The summed E-state index contributed by atoms with van der Waals surface area (Å²) in [6, 6.07) is 7.20. The van der Waals surface area contributed by atoms with E-state index < -0.39 is 0 Å². The fraction of sp³-hybridized carbons (Fsp3) is 0.250. The number of aromatic amines is 1. The molecule has 3 N–H and O–H groups in total. The molecule has 0 spiro atoms. The SMILES string of the molecule is CC(N)Cc1cc(=O)n(-c2ccc(F)cc2)[nH]1. The summed E-state index contributed by atoms with van der Waals surface area (Å²) in [6.07, 6.45) is 0.601. The Hall–Kier alpha value is -1.88. The second kappa shape index (κ2) is 4.55. The second-order valence-electron chi connectivity index (χ2n) is 4.11. The molecule has 17 heavy (non-hydrogen) atoms. The smallest absolute Gasteiger partial charge is 0.271 e. The van der Waals surface area contributed by atoms with Crippen LogP contribution < -0.4 is 11.3 Å². The minimum Gasteiger partial charge on any atom is -0.328 e. The van der Waals surface area contributed by atoms with Crippen molar-refractivity contribution in [2.45, 2.75) is 19.4 Å². The number of aromatic nitrogens is 2. The predicted octanol–water partition coefficient (Wildman–Crippen LogP) is 1.19. The van der Waals surface area contributed by atoms with Crippen LogP contribution in [0.4, 0.5) is 4.39 Å². The Kier molecular flexibility index (Phi) is 3.10. The van der Waals surface area contributed by atoms with Gasteiger partial charge in [-0.25, -0.2) is 9.07 Å². The number of hydrogen-bond acceptors (Lipinski definition) is 2. The molecule has 0 aliphatic rings. The summed E-state index contributed by atoms with van der Waals surface area (Å²) >= 11 is 0. The summed E-state index contributed by atoms with van der Waals surface area (Å²) in [5, 5.41) is 2.95. The van der Waals surface area contributed by atoms with Crippen LogP contribution in [0.3, 0.4) is 0 Å². The maximum absolute atomic E-state index is 12.8. The number of rotatable bonds is 3. The fourth-order valence-corrected chi connectivity index (χ4v) is 1.68. The molecule has 0 bridgehead atoms. The summed E-state index contributed by atoms with van der Waals surface area (Å²) in [7, 11) is 0. The highest BCUT2D eigenvalue weighted by Crippen LogP contribution is 2.06. The molecule has 0 saturated carbocycles. The van der Waals surface area contributed by atoms with Crippen LogP contribution >= 0.6 is 0 Å². The number of nitrogens with two attached hydrogens (primary N) is 1. The molecule has 2 aromatic rings. The zero-order valence-electron chi connectivity index (χ0n) is 9.48. The van der Waals surface area contributed by atoms with Gasteiger partial charge in [-0.2, -0.15) is 0 Å². The lowest BCUT2D eigenvalue weighted by atomic mass is 10.2. The number of benzene rings is 1.